The average Bonchev–Trinajstić information content (AvgIpc) is 2.09. The second-order valence-electron chi connectivity index (χ2n) is 3.49. The van der Waals surface area contributed by atoms with E-state index in [0.717, 1.165) is 29.0 Å². The minimum absolute atomic E-state index is 0.100. The fourth-order valence-electron chi connectivity index (χ4n) is 1.59. The van der Waals surface area contributed by atoms with E-state index >= 15 is 0 Å². The molecule has 2 rings (SSSR count). The van der Waals surface area contributed by atoms with Crippen LogP contribution in [0.4, 0.5) is 5.69 Å². The van der Waals surface area contributed by atoms with E-state index in [4.69, 9.17) is 16.2 Å². The van der Waals surface area contributed by atoms with Crippen LogP contribution in [0.2, 0.25) is 0 Å². The number of hydrogen-bond acceptors (Lipinski definition) is 3. The van der Waals surface area contributed by atoms with Gasteiger partial charge in [0.05, 0.1) is 6.61 Å². The Labute approximate surface area is 77.7 Å². The van der Waals surface area contributed by atoms with Gasteiger partial charge in [-0.1, -0.05) is 0 Å². The maximum absolute atomic E-state index is 5.94. The Morgan fingerprint density at radius 3 is 3.00 bits per heavy atom. The molecule has 0 aromatic heterocycles. The second-order valence-corrected chi connectivity index (χ2v) is 3.49. The van der Waals surface area contributed by atoms with Gasteiger partial charge in [0.1, 0.15) is 5.75 Å². The van der Waals surface area contributed by atoms with Crippen molar-refractivity contribution >= 4 is 5.69 Å². The molecular weight excluding hydrogens is 164 g/mol. The van der Waals surface area contributed by atoms with Gasteiger partial charge in [0.15, 0.2) is 0 Å². The van der Waals surface area contributed by atoms with Gasteiger partial charge in [0, 0.05) is 29.8 Å². The Kier molecular flexibility index (Phi) is 1.88. The summed E-state index contributed by atoms with van der Waals surface area (Å²) in [7, 11) is 0. The predicted molar refractivity (Wildman–Crippen MR) is 52.6 cm³/mol. The standard InChI is InChI=1S/C10H14N2O/c1-6-4-7-8(11)2-3-13-10(7)5-9(6)12/h4-5,8H,2-3,11-12H2,1H3. The van der Waals surface area contributed by atoms with E-state index in [1.807, 2.05) is 19.1 Å². The van der Waals surface area contributed by atoms with Crippen molar-refractivity contribution in [3.8, 4) is 5.75 Å². The molecule has 70 valence electrons. The molecule has 0 aliphatic carbocycles. The fraction of sp³-hybridized carbons (Fsp3) is 0.400. The average molecular weight is 178 g/mol. The summed E-state index contributed by atoms with van der Waals surface area (Å²) in [6.45, 7) is 2.67. The van der Waals surface area contributed by atoms with Crippen molar-refractivity contribution in [2.45, 2.75) is 19.4 Å². The molecule has 0 bridgehead atoms. The van der Waals surface area contributed by atoms with Gasteiger partial charge in [0.2, 0.25) is 0 Å². The summed E-state index contributed by atoms with van der Waals surface area (Å²) in [5, 5.41) is 0. The summed E-state index contributed by atoms with van der Waals surface area (Å²) < 4.78 is 5.47. The number of ether oxygens (including phenoxy) is 1. The smallest absolute Gasteiger partial charge is 0.126 e. The summed E-state index contributed by atoms with van der Waals surface area (Å²) in [6, 6.07) is 3.99. The molecule has 1 aliphatic heterocycles. The molecule has 1 aliphatic rings. The number of nitrogen functional groups attached to an aromatic ring is 1. The molecular formula is C10H14N2O. The topological polar surface area (TPSA) is 61.3 Å². The second kappa shape index (κ2) is 2.92. The number of aryl methyl sites for hydroxylation is 1. The van der Waals surface area contributed by atoms with Crippen LogP contribution in [0.5, 0.6) is 5.75 Å². The highest BCUT2D eigenvalue weighted by Gasteiger charge is 2.18. The highest BCUT2D eigenvalue weighted by atomic mass is 16.5. The molecule has 1 atom stereocenters. The molecule has 0 fully saturated rings. The first kappa shape index (κ1) is 8.38. The number of rotatable bonds is 0. The third-order valence-corrected chi connectivity index (χ3v) is 2.48. The highest BCUT2D eigenvalue weighted by Crippen LogP contribution is 2.33. The Morgan fingerprint density at radius 1 is 1.46 bits per heavy atom. The Hall–Kier alpha value is -1.22. The first-order valence-electron chi connectivity index (χ1n) is 4.47. The number of hydrogen-bond donors (Lipinski definition) is 2. The van der Waals surface area contributed by atoms with Gasteiger partial charge in [-0.25, -0.2) is 0 Å². The molecule has 4 N–H and O–H groups in total. The van der Waals surface area contributed by atoms with Gasteiger partial charge in [-0.15, -0.1) is 0 Å². The molecule has 0 amide bonds. The zero-order valence-electron chi connectivity index (χ0n) is 7.71. The van der Waals surface area contributed by atoms with Crippen molar-refractivity contribution < 1.29 is 4.74 Å². The molecule has 1 unspecified atom stereocenters. The van der Waals surface area contributed by atoms with Gasteiger partial charge < -0.3 is 16.2 Å². The maximum atomic E-state index is 5.94. The SMILES string of the molecule is Cc1cc2c(cc1N)OCCC2N. The van der Waals surface area contributed by atoms with Crippen LogP contribution in [0.1, 0.15) is 23.6 Å². The lowest BCUT2D eigenvalue weighted by atomic mass is 9.98. The van der Waals surface area contributed by atoms with Crippen LogP contribution in [0.3, 0.4) is 0 Å². The molecule has 0 spiro atoms. The molecule has 0 saturated heterocycles. The van der Waals surface area contributed by atoms with Crippen molar-refractivity contribution in [1.82, 2.24) is 0 Å². The number of benzene rings is 1. The number of nitrogens with two attached hydrogens (primary N) is 2. The molecule has 1 aromatic carbocycles. The van der Waals surface area contributed by atoms with Crippen LogP contribution >= 0.6 is 0 Å². The summed E-state index contributed by atoms with van der Waals surface area (Å²) in [5.74, 6) is 0.849. The third kappa shape index (κ3) is 1.35. The van der Waals surface area contributed by atoms with Crippen LogP contribution in [0.25, 0.3) is 0 Å². The van der Waals surface area contributed by atoms with E-state index in [1.54, 1.807) is 0 Å². The van der Waals surface area contributed by atoms with E-state index in [0.29, 0.717) is 6.61 Å². The summed E-state index contributed by atoms with van der Waals surface area (Å²) in [4.78, 5) is 0. The third-order valence-electron chi connectivity index (χ3n) is 2.48. The molecule has 0 saturated carbocycles. The predicted octanol–water partition coefficient (Wildman–Crippen LogP) is 1.36. The van der Waals surface area contributed by atoms with Crippen molar-refractivity contribution in [2.75, 3.05) is 12.3 Å². The van der Waals surface area contributed by atoms with Crippen LogP contribution in [-0.4, -0.2) is 6.61 Å². The molecule has 3 heteroatoms. The van der Waals surface area contributed by atoms with Gasteiger partial charge in [-0.3, -0.25) is 0 Å². The largest absolute Gasteiger partial charge is 0.493 e. The van der Waals surface area contributed by atoms with E-state index in [-0.39, 0.29) is 6.04 Å². The summed E-state index contributed by atoms with van der Waals surface area (Å²) >= 11 is 0. The quantitative estimate of drug-likeness (QED) is 0.590. The van der Waals surface area contributed by atoms with Gasteiger partial charge in [-0.05, 0) is 18.6 Å². The van der Waals surface area contributed by atoms with Gasteiger partial charge in [0.25, 0.3) is 0 Å². The first-order chi connectivity index (χ1) is 6.18. The normalized spacial score (nSPS) is 20.6. The van der Waals surface area contributed by atoms with Crippen LogP contribution < -0.4 is 16.2 Å². The molecule has 3 nitrogen and oxygen atoms in total. The minimum atomic E-state index is 0.100. The number of anilines is 1. The Bertz CT molecular complexity index is 336. The highest BCUT2D eigenvalue weighted by molar-refractivity contribution is 5.55. The summed E-state index contributed by atoms with van der Waals surface area (Å²) in [6.07, 6.45) is 0.885. The zero-order chi connectivity index (χ0) is 9.42. The van der Waals surface area contributed by atoms with E-state index < -0.39 is 0 Å². The van der Waals surface area contributed by atoms with Crippen molar-refractivity contribution in [3.63, 3.8) is 0 Å². The van der Waals surface area contributed by atoms with E-state index in [1.165, 1.54) is 0 Å². The number of fused-ring (bicyclic) bond motifs is 1. The van der Waals surface area contributed by atoms with Crippen LogP contribution in [0, 0.1) is 6.92 Å². The van der Waals surface area contributed by atoms with Crippen molar-refractivity contribution in [1.29, 1.82) is 0 Å². The molecule has 0 radical (unpaired) electrons. The lowest BCUT2D eigenvalue weighted by molar-refractivity contribution is 0.269. The molecule has 1 heterocycles. The minimum Gasteiger partial charge on any atom is -0.493 e. The van der Waals surface area contributed by atoms with Gasteiger partial charge in [-0.2, -0.15) is 0 Å². The van der Waals surface area contributed by atoms with Crippen molar-refractivity contribution in [3.05, 3.63) is 23.3 Å². The monoisotopic (exact) mass is 178 g/mol. The fourth-order valence-corrected chi connectivity index (χ4v) is 1.59. The maximum Gasteiger partial charge on any atom is 0.126 e. The molecule has 13 heavy (non-hydrogen) atoms. The molecule has 1 aromatic rings. The Balaban J connectivity index is 2.52. The lowest BCUT2D eigenvalue weighted by Crippen LogP contribution is -2.20. The van der Waals surface area contributed by atoms with E-state index in [2.05, 4.69) is 0 Å². The van der Waals surface area contributed by atoms with Crippen LogP contribution in [0.15, 0.2) is 12.1 Å². The van der Waals surface area contributed by atoms with Crippen LogP contribution in [-0.2, 0) is 0 Å². The Morgan fingerprint density at radius 2 is 2.23 bits per heavy atom. The summed E-state index contributed by atoms with van der Waals surface area (Å²) in [5.41, 5.74) is 14.6. The van der Waals surface area contributed by atoms with Gasteiger partial charge >= 0.3 is 0 Å². The van der Waals surface area contributed by atoms with E-state index in [9.17, 15) is 0 Å². The first-order valence-corrected chi connectivity index (χ1v) is 4.47. The lowest BCUT2D eigenvalue weighted by Gasteiger charge is -2.23. The zero-order valence-corrected chi connectivity index (χ0v) is 7.71. The van der Waals surface area contributed by atoms with Crippen molar-refractivity contribution in [2.24, 2.45) is 5.73 Å².